The van der Waals surface area contributed by atoms with Crippen LogP contribution in [0, 0.1) is 11.8 Å². The summed E-state index contributed by atoms with van der Waals surface area (Å²) in [7, 11) is 0. The van der Waals surface area contributed by atoms with Crippen molar-refractivity contribution in [3.05, 3.63) is 88.6 Å². The topological polar surface area (TPSA) is 61.4 Å². The minimum Gasteiger partial charge on any atom is -0.322 e. The molecule has 1 aliphatic heterocycles. The Labute approximate surface area is 186 Å². The first-order valence-corrected chi connectivity index (χ1v) is 10.5. The minimum atomic E-state index is -0.142. The zero-order valence-electron chi connectivity index (χ0n) is 17.0. The van der Waals surface area contributed by atoms with E-state index in [1.54, 1.807) is 23.2 Å². The number of carbonyl (C=O) groups excluding carboxylic acids is 1. The number of halogens is 1. The predicted octanol–water partition coefficient (Wildman–Crippen LogP) is 3.88. The van der Waals surface area contributed by atoms with E-state index in [0.717, 1.165) is 30.8 Å². The van der Waals surface area contributed by atoms with Gasteiger partial charge in [0.15, 0.2) is 5.82 Å². The highest BCUT2D eigenvalue weighted by Gasteiger charge is 2.21. The van der Waals surface area contributed by atoms with Crippen molar-refractivity contribution in [2.45, 2.75) is 6.54 Å². The lowest BCUT2D eigenvalue weighted by Gasteiger charge is -2.34. The second-order valence-electron chi connectivity index (χ2n) is 7.23. The van der Waals surface area contributed by atoms with Crippen LogP contribution in [0.15, 0.2) is 66.9 Å². The molecule has 1 aliphatic rings. The molecule has 1 fully saturated rings. The van der Waals surface area contributed by atoms with E-state index in [4.69, 9.17) is 11.6 Å². The lowest BCUT2D eigenvalue weighted by atomic mass is 10.1. The Morgan fingerprint density at radius 3 is 2.61 bits per heavy atom. The Kier molecular flexibility index (Phi) is 6.78. The van der Waals surface area contributed by atoms with Gasteiger partial charge in [0.2, 0.25) is 0 Å². The molecular formula is C24H22ClN5O. The van der Waals surface area contributed by atoms with Crippen molar-refractivity contribution >= 4 is 23.4 Å². The summed E-state index contributed by atoms with van der Waals surface area (Å²) in [6.45, 7) is 3.77. The van der Waals surface area contributed by atoms with Crippen molar-refractivity contribution in [3.63, 3.8) is 0 Å². The van der Waals surface area contributed by atoms with E-state index < -0.39 is 0 Å². The molecule has 1 aromatic heterocycles. The van der Waals surface area contributed by atoms with Gasteiger partial charge in [-0.15, -0.1) is 5.10 Å². The standard InChI is InChI=1S/C24H22ClN5O/c25-22-8-2-1-7-21(22)11-10-19-5-3-6-20(17-19)18-29-13-15-30(16-14-29)24(31)27-23-9-4-12-26-28-23/h1-9,12,17H,13-16,18H2,(H,27,28,31). The number of carbonyl (C=O) groups is 1. The summed E-state index contributed by atoms with van der Waals surface area (Å²) in [6, 6.07) is 19.2. The number of rotatable bonds is 3. The summed E-state index contributed by atoms with van der Waals surface area (Å²) in [5.74, 6) is 6.80. The van der Waals surface area contributed by atoms with Gasteiger partial charge in [-0.3, -0.25) is 10.2 Å². The number of hydrogen-bond acceptors (Lipinski definition) is 4. The number of piperazine rings is 1. The highest BCUT2D eigenvalue weighted by atomic mass is 35.5. The average molecular weight is 432 g/mol. The Morgan fingerprint density at radius 2 is 1.84 bits per heavy atom. The number of aromatic nitrogens is 2. The molecule has 2 heterocycles. The average Bonchev–Trinajstić information content (AvgIpc) is 2.80. The fourth-order valence-corrected chi connectivity index (χ4v) is 3.56. The summed E-state index contributed by atoms with van der Waals surface area (Å²) in [4.78, 5) is 16.5. The lowest BCUT2D eigenvalue weighted by Crippen LogP contribution is -2.49. The Balaban J connectivity index is 1.31. The normalized spacial score (nSPS) is 13.9. The highest BCUT2D eigenvalue weighted by molar-refractivity contribution is 6.31. The molecule has 0 unspecified atom stereocenters. The van der Waals surface area contributed by atoms with E-state index in [1.807, 2.05) is 36.4 Å². The van der Waals surface area contributed by atoms with Crippen LogP contribution in [0.1, 0.15) is 16.7 Å². The quantitative estimate of drug-likeness (QED) is 0.639. The molecule has 6 nitrogen and oxygen atoms in total. The molecule has 2 aromatic carbocycles. The van der Waals surface area contributed by atoms with E-state index in [2.05, 4.69) is 44.4 Å². The summed E-state index contributed by atoms with van der Waals surface area (Å²) < 4.78 is 0. The van der Waals surface area contributed by atoms with Gasteiger partial charge < -0.3 is 4.90 Å². The molecule has 0 saturated carbocycles. The SMILES string of the molecule is O=C(Nc1cccnn1)N1CCN(Cc2cccc(C#Cc3ccccc3Cl)c2)CC1. The molecule has 0 spiro atoms. The molecule has 0 atom stereocenters. The third-order valence-corrected chi connectivity index (χ3v) is 5.34. The Morgan fingerprint density at radius 1 is 1.00 bits per heavy atom. The van der Waals surface area contributed by atoms with Gasteiger partial charge in [0, 0.05) is 50.0 Å². The lowest BCUT2D eigenvalue weighted by molar-refractivity contribution is 0.143. The molecule has 1 saturated heterocycles. The van der Waals surface area contributed by atoms with E-state index in [9.17, 15) is 4.79 Å². The molecular weight excluding hydrogens is 410 g/mol. The summed E-state index contributed by atoms with van der Waals surface area (Å²) in [6.07, 6.45) is 1.58. The fraction of sp³-hybridized carbons (Fsp3) is 0.208. The molecule has 3 aromatic rings. The van der Waals surface area contributed by atoms with Crippen LogP contribution in [0.3, 0.4) is 0 Å². The largest absolute Gasteiger partial charge is 0.323 e. The van der Waals surface area contributed by atoms with Crippen molar-refractivity contribution < 1.29 is 4.79 Å². The Hall–Kier alpha value is -3.40. The van der Waals surface area contributed by atoms with Crippen LogP contribution in [0.2, 0.25) is 5.02 Å². The number of nitrogens with zero attached hydrogens (tertiary/aromatic N) is 4. The number of hydrogen-bond donors (Lipinski definition) is 1. The molecule has 0 bridgehead atoms. The van der Waals surface area contributed by atoms with Gasteiger partial charge in [-0.25, -0.2) is 4.79 Å². The van der Waals surface area contributed by atoms with Crippen LogP contribution in [0.5, 0.6) is 0 Å². The summed E-state index contributed by atoms with van der Waals surface area (Å²) >= 11 is 6.18. The minimum absolute atomic E-state index is 0.142. The molecule has 1 N–H and O–H groups in total. The van der Waals surface area contributed by atoms with Gasteiger partial charge in [0.05, 0.1) is 5.02 Å². The number of anilines is 1. The van der Waals surface area contributed by atoms with Crippen LogP contribution in [-0.2, 0) is 6.54 Å². The first kappa shape index (κ1) is 20.9. The van der Waals surface area contributed by atoms with Crippen LogP contribution in [0.4, 0.5) is 10.6 Å². The Bertz CT molecular complexity index is 1100. The maximum absolute atomic E-state index is 12.4. The third kappa shape index (κ3) is 5.82. The van der Waals surface area contributed by atoms with Crippen LogP contribution in [0.25, 0.3) is 0 Å². The van der Waals surface area contributed by atoms with Crippen molar-refractivity contribution in [2.75, 3.05) is 31.5 Å². The van der Waals surface area contributed by atoms with Gasteiger partial charge in [-0.05, 0) is 42.0 Å². The first-order chi connectivity index (χ1) is 15.2. The first-order valence-electron chi connectivity index (χ1n) is 10.1. The van der Waals surface area contributed by atoms with Gasteiger partial charge in [0.1, 0.15) is 0 Å². The van der Waals surface area contributed by atoms with Gasteiger partial charge in [0.25, 0.3) is 0 Å². The molecule has 2 amide bonds. The van der Waals surface area contributed by atoms with Gasteiger partial charge >= 0.3 is 6.03 Å². The zero-order valence-corrected chi connectivity index (χ0v) is 17.7. The zero-order chi connectivity index (χ0) is 21.5. The van der Waals surface area contributed by atoms with Crippen LogP contribution < -0.4 is 5.32 Å². The van der Waals surface area contributed by atoms with Gasteiger partial charge in [-0.1, -0.05) is 47.7 Å². The summed E-state index contributed by atoms with van der Waals surface area (Å²) in [5.41, 5.74) is 2.98. The molecule has 0 radical (unpaired) electrons. The van der Waals surface area contributed by atoms with Crippen LogP contribution in [-0.4, -0.2) is 52.2 Å². The smallest absolute Gasteiger partial charge is 0.322 e. The van der Waals surface area contributed by atoms with Crippen molar-refractivity contribution in [1.82, 2.24) is 20.0 Å². The van der Waals surface area contributed by atoms with Crippen molar-refractivity contribution in [2.24, 2.45) is 0 Å². The number of urea groups is 1. The molecule has 0 aliphatic carbocycles. The fourth-order valence-electron chi connectivity index (χ4n) is 3.37. The number of nitrogens with one attached hydrogen (secondary N) is 1. The van der Waals surface area contributed by atoms with Crippen LogP contribution >= 0.6 is 11.6 Å². The van der Waals surface area contributed by atoms with E-state index in [0.29, 0.717) is 23.9 Å². The van der Waals surface area contributed by atoms with E-state index >= 15 is 0 Å². The molecule has 7 heteroatoms. The van der Waals surface area contributed by atoms with Crippen molar-refractivity contribution in [3.8, 4) is 11.8 Å². The molecule has 4 rings (SSSR count). The van der Waals surface area contributed by atoms with E-state index in [-0.39, 0.29) is 6.03 Å². The number of amides is 2. The molecule has 156 valence electrons. The molecule has 31 heavy (non-hydrogen) atoms. The predicted molar refractivity (Wildman–Crippen MR) is 122 cm³/mol. The second kappa shape index (κ2) is 10.1. The third-order valence-electron chi connectivity index (χ3n) is 5.02. The van der Waals surface area contributed by atoms with Gasteiger partial charge in [-0.2, -0.15) is 5.10 Å². The van der Waals surface area contributed by atoms with Crippen molar-refractivity contribution in [1.29, 1.82) is 0 Å². The second-order valence-corrected chi connectivity index (χ2v) is 7.64. The maximum Gasteiger partial charge on any atom is 0.323 e. The highest BCUT2D eigenvalue weighted by Crippen LogP contribution is 2.15. The summed E-state index contributed by atoms with van der Waals surface area (Å²) in [5, 5.41) is 11.1. The van der Waals surface area contributed by atoms with E-state index in [1.165, 1.54) is 5.56 Å². The maximum atomic E-state index is 12.4. The number of benzene rings is 2. The monoisotopic (exact) mass is 431 g/mol.